The Kier molecular flexibility index (Phi) is 4.08. The number of allylic oxidation sites excluding steroid dienone is 1. The van der Waals surface area contributed by atoms with Crippen molar-refractivity contribution in [3.8, 4) is 5.75 Å². The summed E-state index contributed by atoms with van der Waals surface area (Å²) >= 11 is 0. The number of carbonyl (C=O) groups excluding carboxylic acids is 1. The van der Waals surface area contributed by atoms with Crippen LogP contribution in [-0.4, -0.2) is 5.97 Å². The van der Waals surface area contributed by atoms with Crippen molar-refractivity contribution >= 4 is 5.97 Å². The number of hydrogen-bond donors (Lipinski definition) is 0. The van der Waals surface area contributed by atoms with E-state index in [4.69, 9.17) is 4.74 Å². The van der Waals surface area contributed by atoms with Crippen molar-refractivity contribution in [2.75, 3.05) is 0 Å². The number of carbonyl (C=O) groups is 1. The van der Waals surface area contributed by atoms with Crippen molar-refractivity contribution in [3.05, 3.63) is 41.5 Å². The summed E-state index contributed by atoms with van der Waals surface area (Å²) in [6.45, 7) is 8.51. The first-order valence-corrected chi connectivity index (χ1v) is 6.98. The normalized spacial score (nSPS) is 26.7. The topological polar surface area (TPSA) is 26.3 Å². The molecule has 2 heteroatoms. The van der Waals surface area contributed by atoms with Crippen LogP contribution in [0.15, 0.2) is 35.9 Å². The summed E-state index contributed by atoms with van der Waals surface area (Å²) in [5.41, 5.74) is 1.98. The monoisotopic (exact) mass is 258 g/mol. The molecule has 0 radical (unpaired) electrons. The highest BCUT2D eigenvalue weighted by atomic mass is 16.5. The summed E-state index contributed by atoms with van der Waals surface area (Å²) in [6.07, 6.45) is 3.13. The maximum atomic E-state index is 12.2. The van der Waals surface area contributed by atoms with Crippen LogP contribution >= 0.6 is 0 Å². The highest BCUT2D eigenvalue weighted by Crippen LogP contribution is 2.33. The minimum Gasteiger partial charge on any atom is -0.423 e. The van der Waals surface area contributed by atoms with E-state index in [1.54, 1.807) is 0 Å². The Morgan fingerprint density at radius 2 is 1.79 bits per heavy atom. The van der Waals surface area contributed by atoms with E-state index in [2.05, 4.69) is 26.8 Å². The van der Waals surface area contributed by atoms with Gasteiger partial charge in [0.25, 0.3) is 0 Å². The molecular formula is C17H22O2. The van der Waals surface area contributed by atoms with Crippen molar-refractivity contribution in [3.63, 3.8) is 0 Å². The second-order valence-corrected chi connectivity index (χ2v) is 5.80. The number of hydrogen-bond acceptors (Lipinski definition) is 2. The zero-order valence-corrected chi connectivity index (χ0v) is 12.1. The second-order valence-electron chi connectivity index (χ2n) is 5.80. The van der Waals surface area contributed by atoms with Crippen LogP contribution < -0.4 is 4.74 Å². The number of ether oxygens (including phenoxy) is 1. The van der Waals surface area contributed by atoms with E-state index in [1.807, 2.05) is 31.2 Å². The molecule has 1 aromatic carbocycles. The SMILES string of the molecule is Cc1ccc(OC(=O)C2=CC(C)C(C)CC2C)cc1. The van der Waals surface area contributed by atoms with Gasteiger partial charge in [-0.2, -0.15) is 0 Å². The number of esters is 1. The summed E-state index contributed by atoms with van der Waals surface area (Å²) in [5.74, 6) is 1.77. The Balaban J connectivity index is 2.11. The van der Waals surface area contributed by atoms with Crippen LogP contribution in [0.3, 0.4) is 0 Å². The molecule has 19 heavy (non-hydrogen) atoms. The van der Waals surface area contributed by atoms with Gasteiger partial charge in [0, 0.05) is 5.57 Å². The van der Waals surface area contributed by atoms with Gasteiger partial charge in [-0.1, -0.05) is 44.5 Å². The molecule has 1 aliphatic rings. The first-order valence-electron chi connectivity index (χ1n) is 6.98. The molecule has 0 fully saturated rings. The van der Waals surface area contributed by atoms with Crippen molar-refractivity contribution in [1.29, 1.82) is 0 Å². The van der Waals surface area contributed by atoms with Gasteiger partial charge in [0.2, 0.25) is 0 Å². The predicted octanol–water partition coefficient (Wildman–Crippen LogP) is 4.14. The summed E-state index contributed by atoms with van der Waals surface area (Å²) in [4.78, 5) is 12.2. The zero-order valence-electron chi connectivity index (χ0n) is 12.1. The lowest BCUT2D eigenvalue weighted by Crippen LogP contribution is -2.25. The molecule has 1 aromatic rings. The van der Waals surface area contributed by atoms with Crippen LogP contribution in [0.5, 0.6) is 5.75 Å². The van der Waals surface area contributed by atoms with Gasteiger partial charge in [-0.25, -0.2) is 4.79 Å². The average molecular weight is 258 g/mol. The molecule has 0 heterocycles. The fourth-order valence-electron chi connectivity index (χ4n) is 2.55. The molecule has 0 amide bonds. The van der Waals surface area contributed by atoms with E-state index in [9.17, 15) is 4.79 Å². The first-order chi connectivity index (χ1) is 8.97. The quantitative estimate of drug-likeness (QED) is 0.588. The van der Waals surface area contributed by atoms with Gasteiger partial charge in [-0.3, -0.25) is 0 Å². The van der Waals surface area contributed by atoms with Crippen molar-refractivity contribution in [2.45, 2.75) is 34.1 Å². The van der Waals surface area contributed by atoms with E-state index >= 15 is 0 Å². The van der Waals surface area contributed by atoms with Gasteiger partial charge < -0.3 is 4.74 Å². The largest absolute Gasteiger partial charge is 0.423 e. The third-order valence-corrected chi connectivity index (χ3v) is 4.06. The molecule has 3 atom stereocenters. The summed E-state index contributed by atoms with van der Waals surface area (Å²) in [6, 6.07) is 7.58. The standard InChI is InChI=1S/C17H22O2/c1-11-5-7-15(8-6-11)19-17(18)16-10-13(3)12(2)9-14(16)4/h5-8,10,12-14H,9H2,1-4H3. The molecule has 0 saturated carbocycles. The highest BCUT2D eigenvalue weighted by Gasteiger charge is 2.28. The van der Waals surface area contributed by atoms with Crippen LogP contribution in [0.25, 0.3) is 0 Å². The van der Waals surface area contributed by atoms with E-state index in [1.165, 1.54) is 0 Å². The lowest BCUT2D eigenvalue weighted by atomic mass is 9.77. The number of rotatable bonds is 2. The molecular weight excluding hydrogens is 236 g/mol. The van der Waals surface area contributed by atoms with Gasteiger partial charge in [0.1, 0.15) is 5.75 Å². The average Bonchev–Trinajstić information content (AvgIpc) is 2.36. The van der Waals surface area contributed by atoms with Crippen molar-refractivity contribution in [1.82, 2.24) is 0 Å². The molecule has 0 spiro atoms. The first kappa shape index (κ1) is 13.9. The summed E-state index contributed by atoms with van der Waals surface area (Å²) in [5, 5.41) is 0. The lowest BCUT2D eigenvalue weighted by molar-refractivity contribution is -0.131. The third kappa shape index (κ3) is 3.25. The molecule has 0 bridgehead atoms. The van der Waals surface area contributed by atoms with E-state index in [0.29, 0.717) is 17.6 Å². The number of benzene rings is 1. The molecule has 3 unspecified atom stereocenters. The molecule has 2 nitrogen and oxygen atoms in total. The maximum Gasteiger partial charge on any atom is 0.339 e. The van der Waals surface area contributed by atoms with Crippen LogP contribution in [0.1, 0.15) is 32.8 Å². The molecule has 0 N–H and O–H groups in total. The van der Waals surface area contributed by atoms with Crippen LogP contribution in [0.4, 0.5) is 0 Å². The summed E-state index contributed by atoms with van der Waals surface area (Å²) < 4.78 is 5.46. The molecule has 2 rings (SSSR count). The Morgan fingerprint density at radius 1 is 1.16 bits per heavy atom. The molecule has 0 aromatic heterocycles. The zero-order chi connectivity index (χ0) is 14.0. The predicted molar refractivity (Wildman–Crippen MR) is 77.0 cm³/mol. The molecule has 1 aliphatic carbocycles. The van der Waals surface area contributed by atoms with Crippen molar-refractivity contribution in [2.24, 2.45) is 17.8 Å². The third-order valence-electron chi connectivity index (χ3n) is 4.06. The van der Waals surface area contributed by atoms with Gasteiger partial charge in [0.15, 0.2) is 0 Å². The highest BCUT2D eigenvalue weighted by molar-refractivity contribution is 5.90. The van der Waals surface area contributed by atoms with Crippen LogP contribution in [0, 0.1) is 24.7 Å². The van der Waals surface area contributed by atoms with Gasteiger partial charge in [-0.15, -0.1) is 0 Å². The fourth-order valence-corrected chi connectivity index (χ4v) is 2.55. The van der Waals surface area contributed by atoms with Crippen LogP contribution in [0.2, 0.25) is 0 Å². The Hall–Kier alpha value is -1.57. The van der Waals surface area contributed by atoms with Crippen LogP contribution in [-0.2, 0) is 4.79 Å². The van der Waals surface area contributed by atoms with E-state index in [0.717, 1.165) is 17.6 Å². The van der Waals surface area contributed by atoms with E-state index in [-0.39, 0.29) is 11.9 Å². The lowest BCUT2D eigenvalue weighted by Gasteiger charge is -2.28. The summed E-state index contributed by atoms with van der Waals surface area (Å²) in [7, 11) is 0. The minimum atomic E-state index is -0.199. The van der Waals surface area contributed by atoms with Gasteiger partial charge in [-0.05, 0) is 43.2 Å². The molecule has 0 saturated heterocycles. The van der Waals surface area contributed by atoms with E-state index < -0.39 is 0 Å². The number of aryl methyl sites for hydroxylation is 1. The Morgan fingerprint density at radius 3 is 2.42 bits per heavy atom. The minimum absolute atomic E-state index is 0.199. The fraction of sp³-hybridized carbons (Fsp3) is 0.471. The second kappa shape index (κ2) is 5.60. The van der Waals surface area contributed by atoms with Gasteiger partial charge >= 0.3 is 5.97 Å². The Bertz CT molecular complexity index is 484. The van der Waals surface area contributed by atoms with Crippen molar-refractivity contribution < 1.29 is 9.53 Å². The molecule has 0 aliphatic heterocycles. The molecule has 102 valence electrons. The smallest absolute Gasteiger partial charge is 0.339 e. The van der Waals surface area contributed by atoms with Gasteiger partial charge in [0.05, 0.1) is 0 Å². The maximum absolute atomic E-state index is 12.2. The Labute approximate surface area is 115 Å².